The highest BCUT2D eigenvalue weighted by Crippen LogP contribution is 2.21. The van der Waals surface area contributed by atoms with Crippen molar-refractivity contribution in [1.82, 2.24) is 0 Å². The maximum atomic E-state index is 12.0. The number of carbonyl (C=O) groups excluding carboxylic acids is 1. The Kier molecular flexibility index (Phi) is 4.41. The second kappa shape index (κ2) is 6.05. The molecule has 0 radical (unpaired) electrons. The topological polar surface area (TPSA) is 17.1 Å². The quantitative estimate of drug-likeness (QED) is 0.561. The number of hydrogen-bond donors (Lipinski definition) is 0. The van der Waals surface area contributed by atoms with Crippen molar-refractivity contribution >= 4 is 35.1 Å². The zero-order valence-electron chi connectivity index (χ0n) is 10.4. The Morgan fingerprint density at radius 1 is 1.05 bits per heavy atom. The molecule has 0 bridgehead atoms. The van der Waals surface area contributed by atoms with Gasteiger partial charge >= 0.3 is 0 Å². The van der Waals surface area contributed by atoms with Gasteiger partial charge in [-0.05, 0) is 36.8 Å². The molecular weight excluding hydrogens is 279 g/mol. The molecule has 3 heteroatoms. The van der Waals surface area contributed by atoms with Crippen molar-refractivity contribution in [2.45, 2.75) is 6.92 Å². The molecule has 2 aromatic rings. The first-order valence-electron chi connectivity index (χ1n) is 5.80. The van der Waals surface area contributed by atoms with Crippen LogP contribution in [0.15, 0.2) is 48.5 Å². The second-order valence-corrected chi connectivity index (χ2v) is 5.08. The van der Waals surface area contributed by atoms with Crippen LogP contribution in [-0.4, -0.2) is 5.78 Å². The predicted octanol–water partition coefficient (Wildman–Crippen LogP) is 5.20. The zero-order valence-corrected chi connectivity index (χ0v) is 11.9. The van der Waals surface area contributed by atoms with E-state index in [4.69, 9.17) is 23.2 Å². The van der Waals surface area contributed by atoms with E-state index in [0.29, 0.717) is 15.6 Å². The van der Waals surface area contributed by atoms with E-state index in [1.807, 2.05) is 31.2 Å². The van der Waals surface area contributed by atoms with Gasteiger partial charge in [-0.3, -0.25) is 4.79 Å². The monoisotopic (exact) mass is 290 g/mol. The summed E-state index contributed by atoms with van der Waals surface area (Å²) in [6.07, 6.45) is 3.27. The average Bonchev–Trinajstić information content (AvgIpc) is 2.40. The lowest BCUT2D eigenvalue weighted by Gasteiger charge is -2.00. The fourth-order valence-electron chi connectivity index (χ4n) is 1.63. The largest absolute Gasteiger partial charge is 0.289 e. The Labute approximate surface area is 122 Å². The fourth-order valence-corrected chi connectivity index (χ4v) is 2.01. The van der Waals surface area contributed by atoms with Gasteiger partial charge in [0.05, 0.1) is 5.02 Å². The van der Waals surface area contributed by atoms with Crippen molar-refractivity contribution in [2.24, 2.45) is 0 Å². The van der Waals surface area contributed by atoms with E-state index in [0.717, 1.165) is 5.56 Å². The Balaban J connectivity index is 2.21. The van der Waals surface area contributed by atoms with Gasteiger partial charge in [0.1, 0.15) is 0 Å². The maximum Gasteiger partial charge on any atom is 0.187 e. The van der Waals surface area contributed by atoms with Crippen LogP contribution < -0.4 is 0 Å². The van der Waals surface area contributed by atoms with Crippen LogP contribution in [0.2, 0.25) is 10.0 Å². The van der Waals surface area contributed by atoms with Crippen LogP contribution in [0.4, 0.5) is 0 Å². The highest BCUT2D eigenvalue weighted by atomic mass is 35.5. The third-order valence-corrected chi connectivity index (χ3v) is 3.26. The van der Waals surface area contributed by atoms with Crippen LogP contribution in [0, 0.1) is 6.92 Å². The molecule has 0 aliphatic rings. The Hall–Kier alpha value is -1.57. The lowest BCUT2D eigenvalue weighted by molar-refractivity contribution is 0.104. The fraction of sp³-hybridized carbons (Fsp3) is 0.0625. The van der Waals surface area contributed by atoms with Gasteiger partial charge in [0.2, 0.25) is 0 Å². The number of rotatable bonds is 3. The number of allylic oxidation sites excluding steroid dienone is 1. The van der Waals surface area contributed by atoms with Crippen LogP contribution in [0.3, 0.4) is 0 Å². The van der Waals surface area contributed by atoms with Gasteiger partial charge in [-0.25, -0.2) is 0 Å². The summed E-state index contributed by atoms with van der Waals surface area (Å²) in [5.41, 5.74) is 2.57. The lowest BCUT2D eigenvalue weighted by atomic mass is 10.1. The van der Waals surface area contributed by atoms with Crippen molar-refractivity contribution in [3.63, 3.8) is 0 Å². The van der Waals surface area contributed by atoms with Gasteiger partial charge in [0, 0.05) is 10.6 Å². The summed E-state index contributed by atoms with van der Waals surface area (Å²) in [4.78, 5) is 12.0. The number of aryl methyl sites for hydroxylation is 1. The lowest BCUT2D eigenvalue weighted by Crippen LogP contribution is -1.95. The molecule has 0 saturated carbocycles. The van der Waals surface area contributed by atoms with E-state index in [9.17, 15) is 4.79 Å². The molecular formula is C16H12Cl2O. The molecule has 0 heterocycles. The highest BCUT2D eigenvalue weighted by molar-refractivity contribution is 6.36. The van der Waals surface area contributed by atoms with Crippen molar-refractivity contribution in [2.75, 3.05) is 0 Å². The predicted molar refractivity (Wildman–Crippen MR) is 81.0 cm³/mol. The van der Waals surface area contributed by atoms with Gasteiger partial charge in [-0.2, -0.15) is 0 Å². The molecule has 0 aliphatic heterocycles. The first-order valence-corrected chi connectivity index (χ1v) is 6.56. The first-order chi connectivity index (χ1) is 9.06. The average molecular weight is 291 g/mol. The minimum absolute atomic E-state index is 0.159. The van der Waals surface area contributed by atoms with Crippen LogP contribution in [0.25, 0.3) is 6.08 Å². The van der Waals surface area contributed by atoms with Crippen molar-refractivity contribution in [3.8, 4) is 0 Å². The van der Waals surface area contributed by atoms with Crippen molar-refractivity contribution in [1.29, 1.82) is 0 Å². The normalized spacial score (nSPS) is 10.9. The smallest absolute Gasteiger partial charge is 0.187 e. The van der Waals surface area contributed by atoms with Gasteiger partial charge in [-0.1, -0.05) is 59.1 Å². The summed E-state index contributed by atoms with van der Waals surface area (Å²) in [7, 11) is 0. The zero-order chi connectivity index (χ0) is 13.8. The van der Waals surface area contributed by atoms with E-state index in [1.165, 1.54) is 11.6 Å². The van der Waals surface area contributed by atoms with Gasteiger partial charge < -0.3 is 0 Å². The standard InChI is InChI=1S/C16H12Cl2O/c1-11-2-4-12(5-3-11)6-9-16(19)14-10-13(17)7-8-15(14)18/h2-10H,1H3/b9-6+. The molecule has 0 spiro atoms. The number of ketones is 1. The number of halogens is 2. The summed E-state index contributed by atoms with van der Waals surface area (Å²) in [5, 5.41) is 0.902. The van der Waals surface area contributed by atoms with Gasteiger partial charge in [0.25, 0.3) is 0 Å². The van der Waals surface area contributed by atoms with Gasteiger partial charge in [0.15, 0.2) is 5.78 Å². The van der Waals surface area contributed by atoms with Crippen molar-refractivity contribution in [3.05, 3.63) is 75.3 Å². The van der Waals surface area contributed by atoms with E-state index in [2.05, 4.69) is 0 Å². The number of carbonyl (C=O) groups is 1. The van der Waals surface area contributed by atoms with E-state index >= 15 is 0 Å². The molecule has 0 N–H and O–H groups in total. The van der Waals surface area contributed by atoms with Crippen LogP contribution >= 0.6 is 23.2 Å². The SMILES string of the molecule is Cc1ccc(/C=C/C(=O)c2cc(Cl)ccc2Cl)cc1. The molecule has 2 rings (SSSR count). The third kappa shape index (κ3) is 3.69. The molecule has 0 saturated heterocycles. The molecule has 0 unspecified atom stereocenters. The van der Waals surface area contributed by atoms with Gasteiger partial charge in [-0.15, -0.1) is 0 Å². The molecule has 96 valence electrons. The molecule has 0 aromatic heterocycles. The molecule has 2 aromatic carbocycles. The first kappa shape index (κ1) is 13.9. The summed E-state index contributed by atoms with van der Waals surface area (Å²) in [5.74, 6) is -0.159. The van der Waals surface area contributed by atoms with Crippen LogP contribution in [-0.2, 0) is 0 Å². The van der Waals surface area contributed by atoms with Crippen LogP contribution in [0.1, 0.15) is 21.5 Å². The van der Waals surface area contributed by atoms with E-state index in [1.54, 1.807) is 24.3 Å². The Bertz CT molecular complexity index is 628. The van der Waals surface area contributed by atoms with Crippen molar-refractivity contribution < 1.29 is 4.79 Å². The molecule has 1 nitrogen and oxygen atoms in total. The summed E-state index contributed by atoms with van der Waals surface area (Å²) in [6, 6.07) is 12.8. The summed E-state index contributed by atoms with van der Waals surface area (Å²) < 4.78 is 0. The molecule has 19 heavy (non-hydrogen) atoms. The minimum Gasteiger partial charge on any atom is -0.289 e. The molecule has 0 atom stereocenters. The summed E-state index contributed by atoms with van der Waals surface area (Å²) >= 11 is 11.8. The van der Waals surface area contributed by atoms with E-state index < -0.39 is 0 Å². The van der Waals surface area contributed by atoms with E-state index in [-0.39, 0.29) is 5.78 Å². The number of benzene rings is 2. The Morgan fingerprint density at radius 2 is 1.74 bits per heavy atom. The molecule has 0 amide bonds. The third-order valence-electron chi connectivity index (χ3n) is 2.70. The molecule has 0 aliphatic carbocycles. The highest BCUT2D eigenvalue weighted by Gasteiger charge is 2.07. The summed E-state index contributed by atoms with van der Waals surface area (Å²) in [6.45, 7) is 2.02. The number of hydrogen-bond acceptors (Lipinski definition) is 1. The Morgan fingerprint density at radius 3 is 2.42 bits per heavy atom. The molecule has 0 fully saturated rings. The second-order valence-electron chi connectivity index (χ2n) is 4.23. The maximum absolute atomic E-state index is 12.0. The van der Waals surface area contributed by atoms with Crippen LogP contribution in [0.5, 0.6) is 0 Å². The minimum atomic E-state index is -0.159.